The summed E-state index contributed by atoms with van der Waals surface area (Å²) in [5, 5.41) is 8.25. The monoisotopic (exact) mass is 121 g/mol. The van der Waals surface area contributed by atoms with Crippen molar-refractivity contribution < 1.29 is 0 Å². The van der Waals surface area contributed by atoms with Crippen LogP contribution < -0.4 is 0 Å². The molecule has 1 nitrogen and oxygen atoms in total. The van der Waals surface area contributed by atoms with Gasteiger partial charge in [-0.3, -0.25) is 0 Å². The topological polar surface area (TPSA) is 23.8 Å². The molecule has 0 heterocycles. The summed E-state index contributed by atoms with van der Waals surface area (Å²) in [4.78, 5) is 0. The molecule has 0 fully saturated rings. The predicted molar refractivity (Wildman–Crippen MR) is 36.8 cm³/mol. The molecule has 0 aromatic heterocycles. The average molecular weight is 121 g/mol. The lowest BCUT2D eigenvalue weighted by atomic mass is 10.1. The van der Waals surface area contributed by atoms with E-state index in [0.29, 0.717) is 6.42 Å². The van der Waals surface area contributed by atoms with E-state index in [2.05, 4.69) is 12.1 Å². The Morgan fingerprint density at radius 1 is 1.67 bits per heavy atom. The van der Waals surface area contributed by atoms with E-state index in [1.165, 1.54) is 24.8 Å². The Hall–Kier alpha value is -0.770. The fourth-order valence-corrected chi connectivity index (χ4v) is 1.18. The van der Waals surface area contributed by atoms with Crippen LogP contribution in [0, 0.1) is 11.3 Å². The second kappa shape index (κ2) is 3.29. The number of nitrogens with zero attached hydrogens (tertiary/aromatic N) is 1. The lowest BCUT2D eigenvalue weighted by molar-refractivity contribution is 0.859. The molecular weight excluding hydrogens is 110 g/mol. The molecule has 0 radical (unpaired) electrons. The molecule has 1 rings (SSSR count). The molecule has 1 aliphatic rings. The predicted octanol–water partition coefficient (Wildman–Crippen LogP) is 2.40. The maximum absolute atomic E-state index is 8.25. The van der Waals surface area contributed by atoms with Crippen LogP contribution in [-0.4, -0.2) is 0 Å². The highest BCUT2D eigenvalue weighted by Gasteiger charge is 2.02. The Balaban J connectivity index is 2.20. The fourth-order valence-electron chi connectivity index (χ4n) is 1.18. The lowest BCUT2D eigenvalue weighted by Crippen LogP contribution is -1.75. The minimum Gasteiger partial charge on any atom is -0.198 e. The van der Waals surface area contributed by atoms with Gasteiger partial charge in [0.05, 0.1) is 6.07 Å². The highest BCUT2D eigenvalue weighted by Crippen LogP contribution is 2.21. The van der Waals surface area contributed by atoms with E-state index in [9.17, 15) is 0 Å². The van der Waals surface area contributed by atoms with E-state index < -0.39 is 0 Å². The largest absolute Gasteiger partial charge is 0.198 e. The zero-order valence-electron chi connectivity index (χ0n) is 5.56. The van der Waals surface area contributed by atoms with E-state index in [1.54, 1.807) is 0 Å². The minimum absolute atomic E-state index is 0.700. The highest BCUT2D eigenvalue weighted by molar-refractivity contribution is 5.08. The molecule has 0 unspecified atom stereocenters. The summed E-state index contributed by atoms with van der Waals surface area (Å²) in [5.41, 5.74) is 1.50. The van der Waals surface area contributed by atoms with Crippen LogP contribution in [0.1, 0.15) is 32.1 Å². The van der Waals surface area contributed by atoms with Gasteiger partial charge in [0, 0.05) is 6.42 Å². The Bertz CT molecular complexity index is 150. The molecule has 9 heavy (non-hydrogen) atoms. The second-order valence-electron chi connectivity index (χ2n) is 2.41. The fraction of sp³-hybridized carbons (Fsp3) is 0.625. The van der Waals surface area contributed by atoms with Crippen molar-refractivity contribution in [1.29, 1.82) is 5.26 Å². The first kappa shape index (κ1) is 6.35. The van der Waals surface area contributed by atoms with E-state index in [4.69, 9.17) is 5.26 Å². The van der Waals surface area contributed by atoms with Gasteiger partial charge < -0.3 is 0 Å². The van der Waals surface area contributed by atoms with Crippen molar-refractivity contribution in [2.75, 3.05) is 0 Å². The van der Waals surface area contributed by atoms with Crippen LogP contribution in [0.4, 0.5) is 0 Å². The summed E-state index contributed by atoms with van der Waals surface area (Å²) in [5.74, 6) is 0. The quantitative estimate of drug-likeness (QED) is 0.514. The molecule has 0 saturated carbocycles. The van der Waals surface area contributed by atoms with Crippen LogP contribution in [0.15, 0.2) is 11.6 Å². The minimum atomic E-state index is 0.700. The van der Waals surface area contributed by atoms with Gasteiger partial charge in [0.1, 0.15) is 0 Å². The number of hydrogen-bond donors (Lipinski definition) is 0. The summed E-state index contributed by atoms with van der Waals surface area (Å²) >= 11 is 0. The van der Waals surface area contributed by atoms with Crippen molar-refractivity contribution in [2.24, 2.45) is 0 Å². The smallest absolute Gasteiger partial charge is 0.0625 e. The first-order valence-electron chi connectivity index (χ1n) is 3.48. The molecule has 0 N–H and O–H groups in total. The van der Waals surface area contributed by atoms with Gasteiger partial charge in [-0.15, -0.1) is 0 Å². The zero-order valence-corrected chi connectivity index (χ0v) is 5.56. The number of rotatable bonds is 2. The third kappa shape index (κ3) is 1.89. The summed E-state index contributed by atoms with van der Waals surface area (Å²) in [6, 6.07) is 2.15. The molecule has 1 aliphatic carbocycles. The van der Waals surface area contributed by atoms with Crippen LogP contribution >= 0.6 is 0 Å². The lowest BCUT2D eigenvalue weighted by Gasteiger charge is -1.92. The van der Waals surface area contributed by atoms with E-state index >= 15 is 0 Å². The van der Waals surface area contributed by atoms with Gasteiger partial charge >= 0.3 is 0 Å². The van der Waals surface area contributed by atoms with Crippen molar-refractivity contribution in [3.8, 4) is 6.07 Å². The Morgan fingerprint density at radius 2 is 2.56 bits per heavy atom. The van der Waals surface area contributed by atoms with Crippen molar-refractivity contribution in [2.45, 2.75) is 32.1 Å². The Labute approximate surface area is 56.0 Å². The summed E-state index contributed by atoms with van der Waals surface area (Å²) in [6.07, 6.45) is 7.77. The van der Waals surface area contributed by atoms with E-state index in [1.807, 2.05) is 0 Å². The molecule has 0 spiro atoms. The molecule has 48 valence electrons. The summed E-state index contributed by atoms with van der Waals surface area (Å²) in [6.45, 7) is 0. The first-order valence-corrected chi connectivity index (χ1v) is 3.48. The van der Waals surface area contributed by atoms with Crippen LogP contribution in [0.3, 0.4) is 0 Å². The third-order valence-corrected chi connectivity index (χ3v) is 1.69. The Kier molecular flexibility index (Phi) is 2.32. The summed E-state index contributed by atoms with van der Waals surface area (Å²) in [7, 11) is 0. The van der Waals surface area contributed by atoms with Gasteiger partial charge in [-0.2, -0.15) is 5.26 Å². The molecule has 0 aromatic rings. The first-order chi connectivity index (χ1) is 4.43. The second-order valence-corrected chi connectivity index (χ2v) is 2.41. The standard InChI is InChI=1S/C8H11N/c9-7-3-6-8-4-1-2-5-8/h4H,1-3,5-6H2. The molecule has 1 heteroatoms. The van der Waals surface area contributed by atoms with Crippen molar-refractivity contribution in [1.82, 2.24) is 0 Å². The SMILES string of the molecule is N#CCCC1=CCCC1. The van der Waals surface area contributed by atoms with Gasteiger partial charge in [-0.05, 0) is 25.7 Å². The van der Waals surface area contributed by atoms with Gasteiger partial charge in [-0.25, -0.2) is 0 Å². The Morgan fingerprint density at radius 3 is 3.11 bits per heavy atom. The normalized spacial score (nSPS) is 17.0. The van der Waals surface area contributed by atoms with Gasteiger partial charge in [-0.1, -0.05) is 11.6 Å². The molecule has 0 atom stereocenters. The van der Waals surface area contributed by atoms with Crippen LogP contribution in [0.2, 0.25) is 0 Å². The van der Waals surface area contributed by atoms with Crippen LogP contribution in [0.25, 0.3) is 0 Å². The van der Waals surface area contributed by atoms with Crippen molar-refractivity contribution >= 4 is 0 Å². The number of allylic oxidation sites excluding steroid dienone is 2. The zero-order chi connectivity index (χ0) is 6.53. The molecule has 0 bridgehead atoms. The molecular formula is C8H11N. The summed E-state index contributed by atoms with van der Waals surface area (Å²) < 4.78 is 0. The third-order valence-electron chi connectivity index (χ3n) is 1.69. The van der Waals surface area contributed by atoms with Crippen molar-refractivity contribution in [3.63, 3.8) is 0 Å². The van der Waals surface area contributed by atoms with Gasteiger partial charge in [0.25, 0.3) is 0 Å². The maximum atomic E-state index is 8.25. The molecule has 0 aliphatic heterocycles. The highest BCUT2D eigenvalue weighted by atomic mass is 14.2. The van der Waals surface area contributed by atoms with E-state index in [-0.39, 0.29) is 0 Å². The van der Waals surface area contributed by atoms with Crippen LogP contribution in [-0.2, 0) is 0 Å². The number of nitriles is 1. The number of hydrogen-bond acceptors (Lipinski definition) is 1. The molecule has 0 aromatic carbocycles. The molecule has 0 saturated heterocycles. The average Bonchev–Trinajstić information content (AvgIpc) is 2.34. The van der Waals surface area contributed by atoms with Crippen LogP contribution in [0.5, 0.6) is 0 Å². The van der Waals surface area contributed by atoms with Crippen molar-refractivity contribution in [3.05, 3.63) is 11.6 Å². The van der Waals surface area contributed by atoms with Gasteiger partial charge in [0.15, 0.2) is 0 Å². The van der Waals surface area contributed by atoms with E-state index in [0.717, 1.165) is 6.42 Å². The molecule has 0 amide bonds. The maximum Gasteiger partial charge on any atom is 0.0625 e. The van der Waals surface area contributed by atoms with Gasteiger partial charge in [0.2, 0.25) is 0 Å².